The molecule has 3 aromatic carbocycles. The third-order valence-corrected chi connectivity index (χ3v) is 9.03. The normalized spacial score (nSPS) is 11.9. The van der Waals surface area contributed by atoms with E-state index in [9.17, 15) is 0 Å². The van der Waals surface area contributed by atoms with E-state index in [-0.39, 0.29) is 5.41 Å². The van der Waals surface area contributed by atoms with Crippen LogP contribution in [0.15, 0.2) is 42.5 Å². The molecule has 2 nitrogen and oxygen atoms in total. The molecular formula is C41H64O2. The van der Waals surface area contributed by atoms with Gasteiger partial charge in [-0.25, -0.2) is 0 Å². The minimum Gasteiger partial charge on any atom is -0.492 e. The number of fused-ring (bicyclic) bond motifs is 2. The highest BCUT2D eigenvalue weighted by atomic mass is 16.5. The second-order valence-corrected chi connectivity index (χ2v) is 13.9. The molecule has 240 valence electrons. The van der Waals surface area contributed by atoms with E-state index in [1.807, 2.05) is 0 Å². The van der Waals surface area contributed by atoms with Crippen LogP contribution in [-0.4, -0.2) is 13.2 Å². The summed E-state index contributed by atoms with van der Waals surface area (Å²) in [4.78, 5) is 0. The number of hydrogen-bond acceptors (Lipinski definition) is 2. The number of rotatable bonds is 23. The van der Waals surface area contributed by atoms with Gasteiger partial charge >= 0.3 is 0 Å². The van der Waals surface area contributed by atoms with Crippen LogP contribution in [0, 0.1) is 0 Å². The number of benzene rings is 3. The molecular weight excluding hydrogens is 524 g/mol. The van der Waals surface area contributed by atoms with Crippen LogP contribution < -0.4 is 9.47 Å². The first-order valence-electron chi connectivity index (χ1n) is 18.2. The highest BCUT2D eigenvalue weighted by Crippen LogP contribution is 2.44. The summed E-state index contributed by atoms with van der Waals surface area (Å²) in [5.74, 6) is 2.06. The van der Waals surface area contributed by atoms with Crippen molar-refractivity contribution in [2.75, 3.05) is 13.2 Å². The van der Waals surface area contributed by atoms with Gasteiger partial charge in [0.25, 0.3) is 0 Å². The van der Waals surface area contributed by atoms with E-state index in [1.165, 1.54) is 136 Å². The Bertz CT molecular complexity index is 1170. The molecule has 0 aliphatic carbocycles. The quantitative estimate of drug-likeness (QED) is 0.0810. The minimum atomic E-state index is 0.0747. The predicted molar refractivity (Wildman–Crippen MR) is 190 cm³/mol. The third kappa shape index (κ3) is 12.0. The van der Waals surface area contributed by atoms with Crippen LogP contribution in [0.3, 0.4) is 0 Å². The van der Waals surface area contributed by atoms with Gasteiger partial charge in [-0.1, -0.05) is 180 Å². The molecule has 0 bridgehead atoms. The maximum atomic E-state index is 6.67. The summed E-state index contributed by atoms with van der Waals surface area (Å²) in [6.07, 6.45) is 25.3. The Morgan fingerprint density at radius 2 is 0.814 bits per heavy atom. The van der Waals surface area contributed by atoms with Gasteiger partial charge in [-0.15, -0.1) is 0 Å². The number of ether oxygens (including phenoxy) is 2. The summed E-state index contributed by atoms with van der Waals surface area (Å²) in [6, 6.07) is 15.6. The van der Waals surface area contributed by atoms with Gasteiger partial charge in [0.05, 0.1) is 13.2 Å². The zero-order valence-electron chi connectivity index (χ0n) is 28.7. The van der Waals surface area contributed by atoms with Crippen molar-refractivity contribution in [1.82, 2.24) is 0 Å². The molecule has 0 aliphatic rings. The van der Waals surface area contributed by atoms with Crippen molar-refractivity contribution in [3.05, 3.63) is 48.0 Å². The van der Waals surface area contributed by atoms with Crippen LogP contribution in [-0.2, 0) is 5.41 Å². The summed E-state index contributed by atoms with van der Waals surface area (Å²) in [6.45, 7) is 13.0. The van der Waals surface area contributed by atoms with Crippen molar-refractivity contribution in [3.63, 3.8) is 0 Å². The van der Waals surface area contributed by atoms with E-state index < -0.39 is 0 Å². The lowest BCUT2D eigenvalue weighted by Gasteiger charge is -2.22. The highest BCUT2D eigenvalue weighted by Gasteiger charge is 2.20. The molecule has 0 fully saturated rings. The minimum absolute atomic E-state index is 0.0747. The van der Waals surface area contributed by atoms with Crippen molar-refractivity contribution in [3.8, 4) is 11.5 Å². The van der Waals surface area contributed by atoms with Gasteiger partial charge in [0.15, 0.2) is 0 Å². The molecule has 0 amide bonds. The summed E-state index contributed by atoms with van der Waals surface area (Å²) >= 11 is 0. The van der Waals surface area contributed by atoms with Gasteiger partial charge in [0.1, 0.15) is 11.5 Å². The SMILES string of the molecule is CCCCCCCCCCCCOc1c2ccccc2c(OCCCCCCCCCCC)c2cc(C(C)(C)C)ccc12. The molecule has 2 heteroatoms. The molecule has 0 heterocycles. The fourth-order valence-corrected chi connectivity index (χ4v) is 6.23. The molecule has 3 rings (SSSR count). The van der Waals surface area contributed by atoms with Crippen LogP contribution in [0.4, 0.5) is 0 Å². The molecule has 0 saturated heterocycles. The summed E-state index contributed by atoms with van der Waals surface area (Å²) in [5, 5.41) is 4.73. The second kappa shape index (κ2) is 19.9. The van der Waals surface area contributed by atoms with Crippen LogP contribution in [0.5, 0.6) is 11.5 Å². The van der Waals surface area contributed by atoms with Gasteiger partial charge in [-0.2, -0.15) is 0 Å². The first kappa shape index (κ1) is 35.3. The van der Waals surface area contributed by atoms with Crippen LogP contribution in [0.25, 0.3) is 21.5 Å². The molecule has 0 aliphatic heterocycles. The lowest BCUT2D eigenvalue weighted by atomic mass is 9.85. The Hall–Kier alpha value is -2.22. The zero-order chi connectivity index (χ0) is 30.8. The van der Waals surface area contributed by atoms with Gasteiger partial charge in [-0.05, 0) is 29.9 Å². The molecule has 43 heavy (non-hydrogen) atoms. The second-order valence-electron chi connectivity index (χ2n) is 13.9. The van der Waals surface area contributed by atoms with Crippen LogP contribution >= 0.6 is 0 Å². The maximum Gasteiger partial charge on any atom is 0.135 e. The van der Waals surface area contributed by atoms with E-state index in [2.05, 4.69) is 77.1 Å². The third-order valence-electron chi connectivity index (χ3n) is 9.03. The molecule has 0 radical (unpaired) electrons. The Balaban J connectivity index is 1.65. The molecule has 0 atom stereocenters. The van der Waals surface area contributed by atoms with E-state index in [1.54, 1.807) is 0 Å². The van der Waals surface area contributed by atoms with Crippen molar-refractivity contribution in [2.45, 2.75) is 162 Å². The van der Waals surface area contributed by atoms with E-state index in [4.69, 9.17) is 9.47 Å². The zero-order valence-corrected chi connectivity index (χ0v) is 28.7. The topological polar surface area (TPSA) is 18.5 Å². The standard InChI is InChI=1S/C41H64O2/c1-6-8-10-12-14-16-18-20-21-25-31-42-39-35-27-23-24-28-36(35)40(38-33-34(41(3,4)5)29-30-37(38)39)43-32-26-22-19-17-15-13-11-9-7-2/h23-24,27-30,33H,6-22,25-26,31-32H2,1-5H3. The lowest BCUT2D eigenvalue weighted by molar-refractivity contribution is 0.306. The Kier molecular flexibility index (Phi) is 16.3. The van der Waals surface area contributed by atoms with E-state index in [0.717, 1.165) is 37.6 Å². The van der Waals surface area contributed by atoms with Crippen LogP contribution in [0.2, 0.25) is 0 Å². The lowest BCUT2D eigenvalue weighted by Crippen LogP contribution is -2.11. The monoisotopic (exact) mass is 588 g/mol. The van der Waals surface area contributed by atoms with Gasteiger partial charge in [0, 0.05) is 21.5 Å². The Morgan fingerprint density at radius 1 is 0.442 bits per heavy atom. The smallest absolute Gasteiger partial charge is 0.135 e. The summed E-state index contributed by atoms with van der Waals surface area (Å²) < 4.78 is 13.3. The Labute approximate surface area is 265 Å². The average Bonchev–Trinajstić information content (AvgIpc) is 3.00. The Morgan fingerprint density at radius 3 is 1.23 bits per heavy atom. The molecule has 0 aromatic heterocycles. The van der Waals surface area contributed by atoms with Gasteiger partial charge in [0.2, 0.25) is 0 Å². The number of hydrogen-bond donors (Lipinski definition) is 0. The van der Waals surface area contributed by atoms with Crippen molar-refractivity contribution < 1.29 is 9.47 Å². The average molecular weight is 589 g/mol. The van der Waals surface area contributed by atoms with Gasteiger partial charge in [-0.3, -0.25) is 0 Å². The first-order valence-corrected chi connectivity index (χ1v) is 18.2. The molecule has 3 aromatic rings. The molecule has 0 saturated carbocycles. The molecule has 0 spiro atoms. The predicted octanol–water partition coefficient (Wildman–Crippen LogP) is 13.5. The van der Waals surface area contributed by atoms with Crippen LogP contribution in [0.1, 0.15) is 162 Å². The fraction of sp³-hybridized carbons (Fsp3) is 0.659. The van der Waals surface area contributed by atoms with E-state index >= 15 is 0 Å². The number of unbranched alkanes of at least 4 members (excludes halogenated alkanes) is 17. The van der Waals surface area contributed by atoms with E-state index in [0.29, 0.717) is 0 Å². The summed E-state index contributed by atoms with van der Waals surface area (Å²) in [5.41, 5.74) is 1.41. The molecule has 0 N–H and O–H groups in total. The fourth-order valence-electron chi connectivity index (χ4n) is 6.23. The first-order chi connectivity index (χ1) is 21.0. The van der Waals surface area contributed by atoms with Gasteiger partial charge < -0.3 is 9.47 Å². The largest absolute Gasteiger partial charge is 0.492 e. The van der Waals surface area contributed by atoms with Crippen molar-refractivity contribution in [1.29, 1.82) is 0 Å². The van der Waals surface area contributed by atoms with Crippen molar-refractivity contribution in [2.24, 2.45) is 0 Å². The highest BCUT2D eigenvalue weighted by molar-refractivity contribution is 6.11. The molecule has 0 unspecified atom stereocenters. The maximum absolute atomic E-state index is 6.67. The van der Waals surface area contributed by atoms with Crippen molar-refractivity contribution >= 4 is 21.5 Å². The summed E-state index contributed by atoms with van der Waals surface area (Å²) in [7, 11) is 0.